The standard InChI is InChI=1S/C8H20N2O4S4.2Na/c9-7(5-17(11)12)1-3-15-16-4-2-8(10)6-18(13)14;;/h7-8H,1-6,9-10H2,(H,11,12)(H,13,14);;/q;2*+1/p-1/t7-,8-;;/m1../s1. The van der Waals surface area contributed by atoms with Crippen molar-refractivity contribution in [2.24, 2.45) is 11.5 Å². The van der Waals surface area contributed by atoms with Crippen molar-refractivity contribution in [2.75, 3.05) is 23.0 Å². The van der Waals surface area contributed by atoms with E-state index >= 15 is 0 Å². The minimum atomic E-state index is -2.08. The molecular formula is C8H19N2Na2O4S4+. The van der Waals surface area contributed by atoms with Gasteiger partial charge in [0.2, 0.25) is 0 Å². The number of nitrogens with two attached hydrogens (primary N) is 2. The summed E-state index contributed by atoms with van der Waals surface area (Å²) in [6.45, 7) is 0. The van der Waals surface area contributed by atoms with Crippen molar-refractivity contribution in [1.82, 2.24) is 0 Å². The van der Waals surface area contributed by atoms with E-state index in [0.717, 1.165) is 11.5 Å². The van der Waals surface area contributed by atoms with Crippen LogP contribution in [0.1, 0.15) is 12.8 Å². The van der Waals surface area contributed by atoms with Gasteiger partial charge < -0.3 is 20.6 Å². The van der Waals surface area contributed by atoms with E-state index in [4.69, 9.17) is 16.0 Å². The Morgan fingerprint density at radius 2 is 1.40 bits per heavy atom. The summed E-state index contributed by atoms with van der Waals surface area (Å²) >= 11 is -3.91. The van der Waals surface area contributed by atoms with E-state index in [-0.39, 0.29) is 82.7 Å². The minimum absolute atomic E-state index is 0. The Morgan fingerprint density at radius 3 is 1.75 bits per heavy atom. The molecule has 0 amide bonds. The zero-order chi connectivity index (χ0) is 14.0. The SMILES string of the molecule is N[C@H](CCSSCC[C@@H](N)CS(=O)O)CS(=O)[O-].[Na+].[Na+]. The quantitative estimate of drug-likeness (QED) is 0.140. The second-order valence-corrected chi connectivity index (χ2v) is 8.32. The second-order valence-electron chi connectivity index (χ2n) is 3.70. The summed E-state index contributed by atoms with van der Waals surface area (Å²) in [7, 11) is 3.23. The Labute approximate surface area is 177 Å². The molecule has 20 heavy (non-hydrogen) atoms. The van der Waals surface area contributed by atoms with Crippen LogP contribution in [0.3, 0.4) is 0 Å². The van der Waals surface area contributed by atoms with Crippen LogP contribution in [0.2, 0.25) is 0 Å². The molecule has 0 radical (unpaired) electrons. The van der Waals surface area contributed by atoms with Crippen LogP contribution >= 0.6 is 21.6 Å². The van der Waals surface area contributed by atoms with Crippen molar-refractivity contribution in [1.29, 1.82) is 0 Å². The first-order chi connectivity index (χ1) is 8.41. The molecule has 0 aromatic heterocycles. The van der Waals surface area contributed by atoms with Gasteiger partial charge in [0.05, 0.1) is 5.75 Å². The van der Waals surface area contributed by atoms with Gasteiger partial charge in [0.1, 0.15) is 0 Å². The van der Waals surface area contributed by atoms with Gasteiger partial charge in [-0.15, -0.1) is 0 Å². The third-order valence-electron chi connectivity index (χ3n) is 1.93. The molecule has 0 aliphatic heterocycles. The molecule has 0 spiro atoms. The van der Waals surface area contributed by atoms with Crippen molar-refractivity contribution in [3.05, 3.63) is 0 Å². The van der Waals surface area contributed by atoms with Crippen LogP contribution in [0.15, 0.2) is 0 Å². The van der Waals surface area contributed by atoms with Crippen LogP contribution in [-0.2, 0) is 22.2 Å². The topological polar surface area (TPSA) is 129 Å². The first-order valence-electron chi connectivity index (χ1n) is 5.30. The zero-order valence-electron chi connectivity index (χ0n) is 11.9. The van der Waals surface area contributed by atoms with Crippen molar-refractivity contribution < 1.29 is 76.6 Å². The van der Waals surface area contributed by atoms with E-state index in [1.54, 1.807) is 21.6 Å². The van der Waals surface area contributed by atoms with Crippen LogP contribution in [0.25, 0.3) is 0 Å². The van der Waals surface area contributed by atoms with Gasteiger partial charge >= 0.3 is 59.1 Å². The molecule has 2 unspecified atom stereocenters. The van der Waals surface area contributed by atoms with Crippen molar-refractivity contribution in [3.8, 4) is 0 Å². The third-order valence-corrected chi connectivity index (χ3v) is 5.82. The monoisotopic (exact) mass is 381 g/mol. The van der Waals surface area contributed by atoms with Crippen LogP contribution in [0, 0.1) is 0 Å². The molecule has 4 atom stereocenters. The Kier molecular flexibility index (Phi) is 25.2. The Bertz CT molecular complexity index is 253. The second kappa shape index (κ2) is 18.2. The summed E-state index contributed by atoms with van der Waals surface area (Å²) in [5.41, 5.74) is 11.2. The molecular weight excluding hydrogens is 362 g/mol. The third kappa shape index (κ3) is 20.8. The van der Waals surface area contributed by atoms with Crippen LogP contribution in [-0.4, -0.2) is 52.6 Å². The molecule has 0 aromatic rings. The van der Waals surface area contributed by atoms with E-state index in [1.807, 2.05) is 0 Å². The number of rotatable bonds is 11. The first-order valence-corrected chi connectivity index (χ1v) is 10.3. The fraction of sp³-hybridized carbons (Fsp3) is 1.00. The summed E-state index contributed by atoms with van der Waals surface area (Å²) in [4.78, 5) is 0. The smallest absolute Gasteiger partial charge is 0.772 e. The Hall–Kier alpha value is 2.84. The van der Waals surface area contributed by atoms with Crippen LogP contribution in [0.4, 0.5) is 0 Å². The molecule has 0 aromatic carbocycles. The molecule has 0 aliphatic carbocycles. The van der Waals surface area contributed by atoms with E-state index in [2.05, 4.69) is 0 Å². The summed E-state index contributed by atoms with van der Waals surface area (Å²) in [5, 5.41) is 0. The largest absolute Gasteiger partial charge is 1.00 e. The van der Waals surface area contributed by atoms with Gasteiger partial charge in [-0.25, -0.2) is 4.21 Å². The van der Waals surface area contributed by atoms with Gasteiger partial charge in [0.15, 0.2) is 11.1 Å². The summed E-state index contributed by atoms with van der Waals surface area (Å²) < 4.78 is 39.8. The Morgan fingerprint density at radius 1 is 1.00 bits per heavy atom. The molecule has 0 rings (SSSR count). The Balaban J connectivity index is -0.00000144. The maximum Gasteiger partial charge on any atom is 1.00 e. The average Bonchev–Trinajstić information content (AvgIpc) is 2.20. The fourth-order valence-corrected chi connectivity index (χ4v) is 4.41. The van der Waals surface area contributed by atoms with Crippen LogP contribution in [0.5, 0.6) is 0 Å². The molecule has 0 fully saturated rings. The molecule has 0 saturated heterocycles. The van der Waals surface area contributed by atoms with Gasteiger partial charge in [-0.2, -0.15) is 0 Å². The van der Waals surface area contributed by atoms with Crippen molar-refractivity contribution >= 4 is 43.7 Å². The summed E-state index contributed by atoms with van der Waals surface area (Å²) in [6.07, 6.45) is 1.33. The molecule has 0 aliphatic rings. The van der Waals surface area contributed by atoms with E-state index in [9.17, 15) is 13.0 Å². The van der Waals surface area contributed by atoms with Gasteiger partial charge in [-0.3, -0.25) is 4.21 Å². The van der Waals surface area contributed by atoms with E-state index in [1.165, 1.54) is 0 Å². The fourth-order valence-electron chi connectivity index (χ4n) is 1.04. The van der Waals surface area contributed by atoms with Gasteiger partial charge in [0.25, 0.3) is 0 Å². The molecule has 6 nitrogen and oxygen atoms in total. The molecule has 12 heteroatoms. The maximum atomic E-state index is 10.5. The maximum absolute atomic E-state index is 10.5. The molecule has 0 bridgehead atoms. The zero-order valence-corrected chi connectivity index (χ0v) is 19.1. The van der Waals surface area contributed by atoms with E-state index < -0.39 is 22.2 Å². The normalized spacial score (nSPS) is 16.4. The molecule has 5 N–H and O–H groups in total. The predicted molar refractivity (Wildman–Crippen MR) is 79.5 cm³/mol. The molecule has 0 saturated carbocycles. The summed E-state index contributed by atoms with van der Waals surface area (Å²) in [5.74, 6) is 1.68. The predicted octanol–water partition coefficient (Wildman–Crippen LogP) is -6.09. The molecule has 110 valence electrons. The average molecular weight is 381 g/mol. The van der Waals surface area contributed by atoms with Gasteiger partial charge in [-0.05, 0) is 12.8 Å². The van der Waals surface area contributed by atoms with Crippen molar-refractivity contribution in [3.63, 3.8) is 0 Å². The first kappa shape index (κ1) is 27.7. The number of hydrogen-bond acceptors (Lipinski definition) is 7. The number of hydrogen-bond donors (Lipinski definition) is 3. The minimum Gasteiger partial charge on any atom is -0.772 e. The van der Waals surface area contributed by atoms with Gasteiger partial charge in [0, 0.05) is 29.3 Å². The van der Waals surface area contributed by atoms with Gasteiger partial charge in [-0.1, -0.05) is 32.7 Å². The van der Waals surface area contributed by atoms with E-state index in [0.29, 0.717) is 12.8 Å². The van der Waals surface area contributed by atoms with Crippen LogP contribution < -0.4 is 70.6 Å². The summed E-state index contributed by atoms with van der Waals surface area (Å²) in [6, 6.07) is -0.565. The van der Waals surface area contributed by atoms with Crippen molar-refractivity contribution in [2.45, 2.75) is 24.9 Å². The molecule has 0 heterocycles.